The molecule has 146 valence electrons. The average molecular weight is 409 g/mol. The molecule has 27 heavy (non-hydrogen) atoms. The van der Waals surface area contributed by atoms with Gasteiger partial charge < -0.3 is 9.84 Å². The van der Waals surface area contributed by atoms with E-state index in [0.717, 1.165) is 17.7 Å². The van der Waals surface area contributed by atoms with Crippen molar-refractivity contribution in [1.82, 2.24) is 4.90 Å². The molecule has 2 aromatic carbocycles. The lowest BCUT2D eigenvalue weighted by Crippen LogP contribution is -2.22. The van der Waals surface area contributed by atoms with Crippen LogP contribution in [-0.2, 0) is 16.6 Å². The van der Waals surface area contributed by atoms with Crippen molar-refractivity contribution in [3.8, 4) is 11.5 Å². The average Bonchev–Trinajstić information content (AvgIpc) is 3.00. The normalized spacial score (nSPS) is 18.0. The number of nitrogens with two attached hydrogens (primary N) is 1. The maximum absolute atomic E-state index is 11.7. The van der Waals surface area contributed by atoms with Crippen molar-refractivity contribution < 1.29 is 18.3 Å². The molecule has 3 rings (SSSR count). The minimum atomic E-state index is -3.80. The van der Waals surface area contributed by atoms with Gasteiger partial charge in [-0.05, 0) is 61.6 Å². The molecule has 1 fully saturated rings. The zero-order valence-corrected chi connectivity index (χ0v) is 17.0. The van der Waals surface area contributed by atoms with Crippen LogP contribution in [0.3, 0.4) is 0 Å². The Morgan fingerprint density at radius 1 is 1.30 bits per heavy atom. The number of primary sulfonamides is 1. The number of rotatable bonds is 6. The number of β-amino-alcohol motifs (C(OH)–C–C–N with tert-alkyl or cyclic N) is 1. The minimum absolute atomic E-state index is 0.0542. The van der Waals surface area contributed by atoms with E-state index in [4.69, 9.17) is 9.88 Å². The van der Waals surface area contributed by atoms with Gasteiger partial charge in [0, 0.05) is 30.1 Å². The summed E-state index contributed by atoms with van der Waals surface area (Å²) >= 11 is 1.67. The van der Waals surface area contributed by atoms with E-state index in [1.54, 1.807) is 23.9 Å². The van der Waals surface area contributed by atoms with Gasteiger partial charge in [0.05, 0.1) is 11.0 Å². The van der Waals surface area contributed by atoms with Gasteiger partial charge in [-0.15, -0.1) is 11.8 Å². The number of nitrogens with zero attached hydrogens (tertiary/aromatic N) is 1. The highest BCUT2D eigenvalue weighted by atomic mass is 32.2. The van der Waals surface area contributed by atoms with Crippen LogP contribution in [0.5, 0.6) is 11.5 Å². The molecule has 1 heterocycles. The zero-order valence-electron chi connectivity index (χ0n) is 15.4. The maximum Gasteiger partial charge on any atom is 0.238 e. The molecule has 2 aromatic rings. The number of aryl methyl sites for hydroxylation is 1. The van der Waals surface area contributed by atoms with Gasteiger partial charge in [-0.2, -0.15) is 0 Å². The summed E-state index contributed by atoms with van der Waals surface area (Å²) in [5.74, 6) is 1.27. The van der Waals surface area contributed by atoms with Gasteiger partial charge >= 0.3 is 0 Å². The van der Waals surface area contributed by atoms with E-state index in [1.807, 2.05) is 31.4 Å². The van der Waals surface area contributed by atoms with Gasteiger partial charge in [0.1, 0.15) is 11.5 Å². The summed E-state index contributed by atoms with van der Waals surface area (Å²) in [7, 11) is -3.80. The molecule has 0 radical (unpaired) electrons. The topological polar surface area (TPSA) is 92.9 Å². The van der Waals surface area contributed by atoms with Crippen LogP contribution in [0.15, 0.2) is 46.2 Å². The number of benzene rings is 2. The fourth-order valence-electron chi connectivity index (χ4n) is 3.19. The molecule has 0 amide bonds. The number of sulfonamides is 1. The van der Waals surface area contributed by atoms with E-state index in [2.05, 4.69) is 4.90 Å². The Balaban J connectivity index is 1.91. The standard InChI is InChI=1S/C19H24N2O4S2/c1-13-9-16(3-6-19(13)26-2)25-18-5-4-17(27(20,23)24)10-14(18)11-21-8-7-15(22)12-21/h3-6,9-10,15,22H,7-8,11-12H2,1-2H3,(H2,20,23,24)/t15-/m0/s1. The number of thioether (sulfide) groups is 1. The van der Waals surface area contributed by atoms with Crippen LogP contribution in [0.25, 0.3) is 0 Å². The predicted octanol–water partition coefficient (Wildman–Crippen LogP) is 2.72. The molecule has 0 saturated carbocycles. The van der Waals surface area contributed by atoms with Crippen molar-refractivity contribution in [2.24, 2.45) is 5.14 Å². The predicted molar refractivity (Wildman–Crippen MR) is 107 cm³/mol. The van der Waals surface area contributed by atoms with E-state index >= 15 is 0 Å². The van der Waals surface area contributed by atoms with Gasteiger partial charge in [-0.3, -0.25) is 4.90 Å². The smallest absolute Gasteiger partial charge is 0.238 e. The summed E-state index contributed by atoms with van der Waals surface area (Å²) in [4.78, 5) is 3.30. The van der Waals surface area contributed by atoms with E-state index < -0.39 is 10.0 Å². The van der Waals surface area contributed by atoms with Gasteiger partial charge in [0.15, 0.2) is 0 Å². The quantitative estimate of drug-likeness (QED) is 0.714. The molecule has 3 N–H and O–H groups in total. The number of aliphatic hydroxyl groups excluding tert-OH is 1. The summed E-state index contributed by atoms with van der Waals surface area (Å²) in [6.45, 7) is 3.81. The van der Waals surface area contributed by atoms with Gasteiger partial charge in [0.2, 0.25) is 10.0 Å². The number of likely N-dealkylation sites (tertiary alicyclic amines) is 1. The molecular weight excluding hydrogens is 384 g/mol. The molecule has 1 aliphatic heterocycles. The van der Waals surface area contributed by atoms with Crippen LogP contribution in [0.2, 0.25) is 0 Å². The Morgan fingerprint density at radius 2 is 2.07 bits per heavy atom. The third-order valence-corrected chi connectivity index (χ3v) is 6.40. The first kappa shape index (κ1) is 20.2. The summed E-state index contributed by atoms with van der Waals surface area (Å²) in [6, 6.07) is 10.5. The van der Waals surface area contributed by atoms with Crippen LogP contribution in [0, 0.1) is 6.92 Å². The fourth-order valence-corrected chi connectivity index (χ4v) is 4.34. The van der Waals surface area contributed by atoms with E-state index in [0.29, 0.717) is 31.0 Å². The first-order chi connectivity index (χ1) is 12.8. The summed E-state index contributed by atoms with van der Waals surface area (Å²) in [5.41, 5.74) is 1.84. The molecule has 1 atom stereocenters. The Hall–Kier alpha value is -1.58. The second-order valence-corrected chi connectivity index (χ2v) is 9.14. The Morgan fingerprint density at radius 3 is 2.67 bits per heavy atom. The molecule has 8 heteroatoms. The molecule has 6 nitrogen and oxygen atoms in total. The van der Waals surface area contributed by atoms with Crippen LogP contribution >= 0.6 is 11.8 Å². The van der Waals surface area contributed by atoms with E-state index in [-0.39, 0.29) is 11.0 Å². The van der Waals surface area contributed by atoms with Crippen molar-refractivity contribution in [2.75, 3.05) is 19.3 Å². The van der Waals surface area contributed by atoms with Crippen LogP contribution in [-0.4, -0.2) is 43.9 Å². The second kappa shape index (κ2) is 8.20. The fraction of sp³-hybridized carbons (Fsp3) is 0.368. The van der Waals surface area contributed by atoms with Crippen molar-refractivity contribution in [1.29, 1.82) is 0 Å². The SMILES string of the molecule is CSc1ccc(Oc2ccc(S(N)(=O)=O)cc2CN2CC[C@H](O)C2)cc1C. The summed E-state index contributed by atoms with van der Waals surface area (Å²) in [6.07, 6.45) is 2.38. The monoisotopic (exact) mass is 408 g/mol. The number of ether oxygens (including phenoxy) is 1. The zero-order chi connectivity index (χ0) is 19.6. The molecule has 1 saturated heterocycles. The van der Waals surface area contributed by atoms with E-state index in [9.17, 15) is 13.5 Å². The molecule has 0 unspecified atom stereocenters. The highest BCUT2D eigenvalue weighted by Gasteiger charge is 2.22. The Kier molecular flexibility index (Phi) is 6.12. The molecule has 0 bridgehead atoms. The molecule has 0 aliphatic carbocycles. The molecule has 1 aliphatic rings. The van der Waals surface area contributed by atoms with Crippen molar-refractivity contribution >= 4 is 21.8 Å². The maximum atomic E-state index is 11.7. The lowest BCUT2D eigenvalue weighted by molar-refractivity contribution is 0.174. The Labute approximate surface area is 164 Å². The first-order valence-corrected chi connectivity index (χ1v) is 11.4. The third kappa shape index (κ3) is 5.03. The molecular formula is C19H24N2O4S2. The highest BCUT2D eigenvalue weighted by molar-refractivity contribution is 7.98. The molecule has 0 spiro atoms. The third-order valence-electron chi connectivity index (χ3n) is 4.60. The van der Waals surface area contributed by atoms with E-state index in [1.165, 1.54) is 11.0 Å². The van der Waals surface area contributed by atoms with Crippen molar-refractivity contribution in [3.63, 3.8) is 0 Å². The lowest BCUT2D eigenvalue weighted by atomic mass is 10.2. The highest BCUT2D eigenvalue weighted by Crippen LogP contribution is 2.32. The summed E-state index contributed by atoms with van der Waals surface area (Å²) < 4.78 is 29.5. The number of hydrogen-bond donors (Lipinski definition) is 2. The minimum Gasteiger partial charge on any atom is -0.457 e. The van der Waals surface area contributed by atoms with Crippen LogP contribution < -0.4 is 9.88 Å². The van der Waals surface area contributed by atoms with Gasteiger partial charge in [-0.1, -0.05) is 0 Å². The van der Waals surface area contributed by atoms with Gasteiger partial charge in [-0.25, -0.2) is 13.6 Å². The van der Waals surface area contributed by atoms with Gasteiger partial charge in [0.25, 0.3) is 0 Å². The van der Waals surface area contributed by atoms with Crippen LogP contribution in [0.4, 0.5) is 0 Å². The van der Waals surface area contributed by atoms with Crippen molar-refractivity contribution in [3.05, 3.63) is 47.5 Å². The second-order valence-electron chi connectivity index (χ2n) is 6.73. The number of hydrogen-bond acceptors (Lipinski definition) is 6. The lowest BCUT2D eigenvalue weighted by Gasteiger charge is -2.19. The number of aliphatic hydroxyl groups is 1. The van der Waals surface area contributed by atoms with Crippen LogP contribution in [0.1, 0.15) is 17.5 Å². The Bertz CT molecular complexity index is 931. The largest absolute Gasteiger partial charge is 0.457 e. The molecule has 0 aromatic heterocycles. The van der Waals surface area contributed by atoms with Crippen molar-refractivity contribution in [2.45, 2.75) is 35.8 Å². The first-order valence-electron chi connectivity index (χ1n) is 8.65. The summed E-state index contributed by atoms with van der Waals surface area (Å²) in [5, 5.41) is 15.0.